The molecule has 2 aromatic rings. The van der Waals surface area contributed by atoms with Crippen molar-refractivity contribution in [1.82, 2.24) is 25.1 Å². The monoisotopic (exact) mass is 301 g/mol. The third-order valence-electron chi connectivity index (χ3n) is 3.78. The standard InChI is InChI=1S/C15H19N5O2/c1-11(15(22)19(9-10-21)13-7-8-13)20-17-14(16-18-20)12-5-3-2-4-6-12/h2-6,11,13,21H,7-10H2,1H3. The third-order valence-corrected chi connectivity index (χ3v) is 3.78. The molecule has 3 rings (SSSR count). The Bertz CT molecular complexity index is 638. The molecule has 1 fully saturated rings. The molecule has 1 amide bonds. The van der Waals surface area contributed by atoms with Crippen molar-refractivity contribution in [2.45, 2.75) is 31.8 Å². The van der Waals surface area contributed by atoms with Gasteiger partial charge in [0.2, 0.25) is 11.7 Å². The minimum absolute atomic E-state index is 0.0327. The summed E-state index contributed by atoms with van der Waals surface area (Å²) in [5.41, 5.74) is 0.864. The zero-order chi connectivity index (χ0) is 15.5. The van der Waals surface area contributed by atoms with Crippen molar-refractivity contribution < 1.29 is 9.90 Å². The number of amides is 1. The van der Waals surface area contributed by atoms with Crippen molar-refractivity contribution in [2.24, 2.45) is 0 Å². The highest BCUT2D eigenvalue weighted by Crippen LogP contribution is 2.28. The second kappa shape index (κ2) is 6.23. The van der Waals surface area contributed by atoms with E-state index in [-0.39, 0.29) is 18.6 Å². The minimum atomic E-state index is -0.530. The van der Waals surface area contributed by atoms with Crippen LogP contribution in [0.15, 0.2) is 30.3 Å². The quantitative estimate of drug-likeness (QED) is 0.856. The highest BCUT2D eigenvalue weighted by Gasteiger charge is 2.35. The summed E-state index contributed by atoms with van der Waals surface area (Å²) in [4.78, 5) is 15.6. The van der Waals surface area contributed by atoms with Crippen molar-refractivity contribution in [3.63, 3.8) is 0 Å². The van der Waals surface area contributed by atoms with Gasteiger partial charge in [0, 0.05) is 18.2 Å². The number of tetrazole rings is 1. The zero-order valence-electron chi connectivity index (χ0n) is 12.5. The molecule has 0 radical (unpaired) electrons. The molecule has 1 N–H and O–H groups in total. The molecule has 0 aliphatic heterocycles. The summed E-state index contributed by atoms with van der Waals surface area (Å²) in [7, 11) is 0. The minimum Gasteiger partial charge on any atom is -0.395 e. The van der Waals surface area contributed by atoms with E-state index in [1.807, 2.05) is 30.3 Å². The van der Waals surface area contributed by atoms with Crippen LogP contribution in [0.4, 0.5) is 0 Å². The molecule has 116 valence electrons. The van der Waals surface area contributed by atoms with E-state index < -0.39 is 6.04 Å². The van der Waals surface area contributed by atoms with Gasteiger partial charge in [-0.2, -0.15) is 4.80 Å². The van der Waals surface area contributed by atoms with Crippen LogP contribution in [-0.4, -0.2) is 55.3 Å². The van der Waals surface area contributed by atoms with Gasteiger partial charge in [0.25, 0.3) is 0 Å². The van der Waals surface area contributed by atoms with E-state index in [1.165, 1.54) is 4.80 Å². The lowest BCUT2D eigenvalue weighted by atomic mass is 10.2. The summed E-state index contributed by atoms with van der Waals surface area (Å²) in [5, 5.41) is 21.5. The van der Waals surface area contributed by atoms with E-state index in [0.717, 1.165) is 18.4 Å². The van der Waals surface area contributed by atoms with Gasteiger partial charge in [-0.1, -0.05) is 30.3 Å². The van der Waals surface area contributed by atoms with Crippen LogP contribution < -0.4 is 0 Å². The number of aromatic nitrogens is 4. The fourth-order valence-corrected chi connectivity index (χ4v) is 2.40. The number of carbonyl (C=O) groups excluding carboxylic acids is 1. The molecule has 1 aromatic carbocycles. The lowest BCUT2D eigenvalue weighted by Crippen LogP contribution is -2.40. The normalized spacial score (nSPS) is 15.5. The average Bonchev–Trinajstić information content (AvgIpc) is 3.27. The van der Waals surface area contributed by atoms with Crippen molar-refractivity contribution in [2.75, 3.05) is 13.2 Å². The molecule has 1 aliphatic rings. The number of hydrogen-bond donors (Lipinski definition) is 1. The molecule has 22 heavy (non-hydrogen) atoms. The molecular formula is C15H19N5O2. The predicted octanol–water partition coefficient (Wildman–Crippen LogP) is 0.884. The maximum absolute atomic E-state index is 12.5. The highest BCUT2D eigenvalue weighted by molar-refractivity contribution is 5.80. The van der Waals surface area contributed by atoms with Crippen LogP contribution in [0.3, 0.4) is 0 Å². The molecule has 0 saturated heterocycles. The smallest absolute Gasteiger partial charge is 0.249 e. The predicted molar refractivity (Wildman–Crippen MR) is 79.8 cm³/mol. The Labute approximate surface area is 128 Å². The van der Waals surface area contributed by atoms with Gasteiger partial charge < -0.3 is 10.0 Å². The highest BCUT2D eigenvalue weighted by atomic mass is 16.3. The number of rotatable bonds is 6. The summed E-state index contributed by atoms with van der Waals surface area (Å²) in [6, 6.07) is 9.24. The SMILES string of the molecule is CC(C(=O)N(CCO)C1CC1)n1nnc(-c2ccccc2)n1. The maximum Gasteiger partial charge on any atom is 0.249 e. The fourth-order valence-electron chi connectivity index (χ4n) is 2.40. The summed E-state index contributed by atoms with van der Waals surface area (Å²) in [6.45, 7) is 2.08. The summed E-state index contributed by atoms with van der Waals surface area (Å²) in [6.07, 6.45) is 2.00. The van der Waals surface area contributed by atoms with E-state index in [2.05, 4.69) is 15.4 Å². The van der Waals surface area contributed by atoms with Crippen molar-refractivity contribution in [3.05, 3.63) is 30.3 Å². The van der Waals surface area contributed by atoms with Crippen LogP contribution in [-0.2, 0) is 4.79 Å². The Kier molecular flexibility index (Phi) is 4.15. The van der Waals surface area contributed by atoms with Gasteiger partial charge in [-0.3, -0.25) is 4.79 Å². The maximum atomic E-state index is 12.5. The van der Waals surface area contributed by atoms with Crippen molar-refractivity contribution >= 4 is 5.91 Å². The third kappa shape index (κ3) is 2.99. The number of benzene rings is 1. The molecule has 1 aliphatic carbocycles. The van der Waals surface area contributed by atoms with E-state index in [1.54, 1.807) is 11.8 Å². The van der Waals surface area contributed by atoms with Crippen LogP contribution in [0, 0.1) is 0 Å². The van der Waals surface area contributed by atoms with Gasteiger partial charge in [0.15, 0.2) is 0 Å². The van der Waals surface area contributed by atoms with Gasteiger partial charge >= 0.3 is 0 Å². The molecule has 7 nitrogen and oxygen atoms in total. The molecule has 1 heterocycles. The number of carbonyl (C=O) groups is 1. The Morgan fingerprint density at radius 3 is 2.77 bits per heavy atom. The van der Waals surface area contributed by atoms with E-state index in [9.17, 15) is 4.79 Å². The van der Waals surface area contributed by atoms with Gasteiger partial charge in [-0.25, -0.2) is 0 Å². The lowest BCUT2D eigenvalue weighted by molar-refractivity contribution is -0.136. The van der Waals surface area contributed by atoms with Crippen LogP contribution in [0.5, 0.6) is 0 Å². The van der Waals surface area contributed by atoms with Crippen LogP contribution >= 0.6 is 0 Å². The Balaban J connectivity index is 1.76. The van der Waals surface area contributed by atoms with E-state index >= 15 is 0 Å². The first-order valence-electron chi connectivity index (χ1n) is 7.47. The molecule has 0 spiro atoms. The summed E-state index contributed by atoms with van der Waals surface area (Å²) < 4.78 is 0. The topological polar surface area (TPSA) is 84.1 Å². The largest absolute Gasteiger partial charge is 0.395 e. The van der Waals surface area contributed by atoms with Crippen LogP contribution in [0.2, 0.25) is 0 Å². The average molecular weight is 301 g/mol. The molecule has 1 atom stereocenters. The van der Waals surface area contributed by atoms with E-state index in [4.69, 9.17) is 5.11 Å². The van der Waals surface area contributed by atoms with Gasteiger partial charge in [0.05, 0.1) is 6.61 Å². The van der Waals surface area contributed by atoms with E-state index in [0.29, 0.717) is 12.4 Å². The van der Waals surface area contributed by atoms with Crippen molar-refractivity contribution in [3.8, 4) is 11.4 Å². The molecule has 7 heteroatoms. The molecular weight excluding hydrogens is 282 g/mol. The van der Waals surface area contributed by atoms with Gasteiger partial charge in [-0.05, 0) is 25.0 Å². The lowest BCUT2D eigenvalue weighted by Gasteiger charge is -2.24. The second-order valence-electron chi connectivity index (χ2n) is 5.46. The first-order chi connectivity index (χ1) is 10.7. The first-order valence-corrected chi connectivity index (χ1v) is 7.47. The van der Waals surface area contributed by atoms with Gasteiger partial charge in [0.1, 0.15) is 6.04 Å². The zero-order valence-corrected chi connectivity index (χ0v) is 12.5. The van der Waals surface area contributed by atoms with Gasteiger partial charge in [-0.15, -0.1) is 10.2 Å². The molecule has 1 saturated carbocycles. The summed E-state index contributed by atoms with van der Waals surface area (Å²) in [5.74, 6) is 0.425. The molecule has 1 unspecified atom stereocenters. The van der Waals surface area contributed by atoms with Crippen LogP contribution in [0.1, 0.15) is 25.8 Å². The van der Waals surface area contributed by atoms with Crippen LogP contribution in [0.25, 0.3) is 11.4 Å². The Morgan fingerprint density at radius 2 is 2.14 bits per heavy atom. The Hall–Kier alpha value is -2.28. The fraction of sp³-hybridized carbons (Fsp3) is 0.467. The van der Waals surface area contributed by atoms with Crippen molar-refractivity contribution in [1.29, 1.82) is 0 Å². The summed E-state index contributed by atoms with van der Waals surface area (Å²) >= 11 is 0. The first kappa shape index (κ1) is 14.6. The number of aliphatic hydroxyl groups is 1. The number of hydrogen-bond acceptors (Lipinski definition) is 5. The molecule has 0 bridgehead atoms. The molecule has 1 aromatic heterocycles. The Morgan fingerprint density at radius 1 is 1.41 bits per heavy atom. The number of nitrogens with zero attached hydrogens (tertiary/aromatic N) is 5. The second-order valence-corrected chi connectivity index (χ2v) is 5.46. The number of aliphatic hydroxyl groups excluding tert-OH is 1.